The number of piperazine rings is 1. The normalized spacial score (nSPS) is 20.7. The van der Waals surface area contributed by atoms with Crippen LogP contribution in [-0.2, 0) is 22.3 Å². The van der Waals surface area contributed by atoms with Gasteiger partial charge in [-0.25, -0.2) is 4.79 Å². The summed E-state index contributed by atoms with van der Waals surface area (Å²) in [6, 6.07) is 3.75. The number of piperidine rings is 1. The lowest BCUT2D eigenvalue weighted by molar-refractivity contribution is -0.308. The first-order valence-electron chi connectivity index (χ1n) is 13.6. The van der Waals surface area contributed by atoms with E-state index in [0.717, 1.165) is 17.0 Å². The number of carbonyl (C=O) groups is 2. The molecule has 0 radical (unpaired) electrons. The van der Waals surface area contributed by atoms with Gasteiger partial charge in [0.05, 0.1) is 12.1 Å². The summed E-state index contributed by atoms with van der Waals surface area (Å²) in [5, 5.41) is 8.99. The predicted octanol–water partition coefficient (Wildman–Crippen LogP) is 4.97. The molecular formula is C26H31F9N4O4. The highest BCUT2D eigenvalue weighted by atomic mass is 19.4. The summed E-state index contributed by atoms with van der Waals surface area (Å²) in [6.07, 6.45) is -20.6. The number of carboxylic acid groups (broad SMARTS) is 1. The molecule has 3 aliphatic rings. The number of rotatable bonds is 6. The van der Waals surface area contributed by atoms with Crippen LogP contribution in [0.2, 0.25) is 0 Å². The minimum atomic E-state index is -5.83. The smallest absolute Gasteiger partial charge is 0.434 e. The Balaban J connectivity index is 1.45. The Morgan fingerprint density at radius 1 is 0.837 bits per heavy atom. The standard InChI is InChI=1S/C26H31F9N4O4/c27-24(28,29)18-12-17(13-19(14-18)37-10-8-36(9-11-37)16-20(40)41)15-39-5-1-2-23(39)3-6-38(7-4-23)22(42)43-21(25(30,31)32)26(33,34)35/h12-14,21H,1-11,15-16H2,(H,40,41). The van der Waals surface area contributed by atoms with Gasteiger partial charge < -0.3 is 19.6 Å². The number of anilines is 1. The van der Waals surface area contributed by atoms with Gasteiger partial charge in [0.15, 0.2) is 0 Å². The van der Waals surface area contributed by atoms with Crippen molar-refractivity contribution in [3.63, 3.8) is 0 Å². The van der Waals surface area contributed by atoms with Crippen LogP contribution in [0, 0.1) is 0 Å². The summed E-state index contributed by atoms with van der Waals surface area (Å²) >= 11 is 0. The van der Waals surface area contributed by atoms with Gasteiger partial charge in [0.25, 0.3) is 6.10 Å². The molecule has 0 aliphatic carbocycles. The molecule has 3 fully saturated rings. The van der Waals surface area contributed by atoms with Crippen LogP contribution < -0.4 is 4.90 Å². The lowest BCUT2D eigenvalue weighted by Gasteiger charge is -2.45. The molecule has 17 heteroatoms. The van der Waals surface area contributed by atoms with Crippen molar-refractivity contribution in [2.45, 2.75) is 62.4 Å². The molecule has 1 amide bonds. The quantitative estimate of drug-likeness (QED) is 0.443. The van der Waals surface area contributed by atoms with Crippen molar-refractivity contribution in [2.24, 2.45) is 0 Å². The molecule has 1 N–H and O–H groups in total. The highest BCUT2D eigenvalue weighted by Gasteiger charge is 2.60. The molecule has 3 heterocycles. The molecule has 3 aliphatic heterocycles. The third-order valence-electron chi connectivity index (χ3n) is 8.28. The number of hydrogen-bond acceptors (Lipinski definition) is 6. The average Bonchev–Trinajstić information content (AvgIpc) is 3.26. The van der Waals surface area contributed by atoms with Crippen LogP contribution in [0.1, 0.15) is 36.8 Å². The maximum atomic E-state index is 13.8. The zero-order valence-corrected chi connectivity index (χ0v) is 22.9. The summed E-state index contributed by atoms with van der Waals surface area (Å²) in [4.78, 5) is 29.4. The second-order valence-electron chi connectivity index (χ2n) is 11.1. The van der Waals surface area contributed by atoms with Crippen molar-refractivity contribution in [3.8, 4) is 0 Å². The maximum absolute atomic E-state index is 13.8. The fourth-order valence-corrected chi connectivity index (χ4v) is 6.09. The van der Waals surface area contributed by atoms with Gasteiger partial charge in [0.2, 0.25) is 0 Å². The van der Waals surface area contributed by atoms with Gasteiger partial charge in [-0.3, -0.25) is 14.6 Å². The number of likely N-dealkylation sites (tertiary alicyclic amines) is 2. The molecular weight excluding hydrogens is 603 g/mol. The van der Waals surface area contributed by atoms with E-state index in [-0.39, 0.29) is 39.0 Å². The second kappa shape index (κ2) is 12.2. The van der Waals surface area contributed by atoms with E-state index < -0.39 is 47.8 Å². The van der Waals surface area contributed by atoms with Gasteiger partial charge in [-0.2, -0.15) is 39.5 Å². The number of benzene rings is 1. The fourth-order valence-electron chi connectivity index (χ4n) is 6.09. The van der Waals surface area contributed by atoms with Gasteiger partial charge in [-0.05, 0) is 56.0 Å². The Bertz CT molecular complexity index is 1140. The third kappa shape index (κ3) is 7.96. The minimum absolute atomic E-state index is 0.116. The van der Waals surface area contributed by atoms with E-state index in [2.05, 4.69) is 4.74 Å². The molecule has 0 bridgehead atoms. The van der Waals surface area contributed by atoms with Gasteiger partial charge in [0, 0.05) is 57.0 Å². The monoisotopic (exact) mass is 634 g/mol. The molecule has 0 atom stereocenters. The lowest BCUT2D eigenvalue weighted by Crippen LogP contribution is -2.54. The molecule has 8 nitrogen and oxygen atoms in total. The number of carboxylic acids is 1. The van der Waals surface area contributed by atoms with Crippen molar-refractivity contribution in [2.75, 3.05) is 57.3 Å². The summed E-state index contributed by atoms with van der Waals surface area (Å²) in [6.45, 7) is 1.49. The number of carbonyl (C=O) groups excluding carboxylic acids is 1. The molecule has 4 rings (SSSR count). The number of hydrogen-bond donors (Lipinski definition) is 1. The van der Waals surface area contributed by atoms with E-state index in [1.807, 2.05) is 4.90 Å². The van der Waals surface area contributed by atoms with Crippen molar-refractivity contribution in [3.05, 3.63) is 29.3 Å². The van der Waals surface area contributed by atoms with Crippen LogP contribution in [0.4, 0.5) is 50.0 Å². The number of amides is 1. The average molecular weight is 635 g/mol. The van der Waals surface area contributed by atoms with Gasteiger partial charge in [0.1, 0.15) is 0 Å². The molecule has 1 aromatic carbocycles. The van der Waals surface area contributed by atoms with E-state index in [1.165, 1.54) is 0 Å². The SMILES string of the molecule is O=C(O)CN1CCN(c2cc(CN3CCCC34CCN(C(=O)OC(C(F)(F)F)C(F)(F)F)CC4)cc(C(F)(F)F)c2)CC1. The van der Waals surface area contributed by atoms with Crippen LogP contribution >= 0.6 is 0 Å². The molecule has 0 aromatic heterocycles. The zero-order valence-electron chi connectivity index (χ0n) is 22.9. The van der Waals surface area contributed by atoms with E-state index in [9.17, 15) is 49.1 Å². The van der Waals surface area contributed by atoms with E-state index in [0.29, 0.717) is 56.8 Å². The summed E-state index contributed by atoms with van der Waals surface area (Å²) in [5.74, 6) is -0.996. The summed E-state index contributed by atoms with van der Waals surface area (Å²) in [5.41, 5.74) is -0.725. The van der Waals surface area contributed by atoms with Gasteiger partial charge in [-0.15, -0.1) is 0 Å². The van der Waals surface area contributed by atoms with Crippen molar-refractivity contribution >= 4 is 17.7 Å². The Morgan fingerprint density at radius 3 is 1.98 bits per heavy atom. The van der Waals surface area contributed by atoms with Crippen molar-refractivity contribution < 1.29 is 58.9 Å². The highest BCUT2D eigenvalue weighted by molar-refractivity contribution is 5.69. The first-order chi connectivity index (χ1) is 19.9. The fraction of sp³-hybridized carbons (Fsp3) is 0.692. The predicted molar refractivity (Wildman–Crippen MR) is 133 cm³/mol. The van der Waals surface area contributed by atoms with Crippen LogP contribution in [-0.4, -0.2) is 108 Å². The molecule has 1 spiro atoms. The number of aliphatic carboxylic acids is 1. The zero-order chi connectivity index (χ0) is 31.8. The Hall–Kier alpha value is -2.95. The highest BCUT2D eigenvalue weighted by Crippen LogP contribution is 2.42. The van der Waals surface area contributed by atoms with Crippen LogP contribution in [0.25, 0.3) is 0 Å². The number of alkyl halides is 9. The minimum Gasteiger partial charge on any atom is -0.480 e. The molecule has 3 saturated heterocycles. The Labute approximate surface area is 240 Å². The third-order valence-corrected chi connectivity index (χ3v) is 8.28. The maximum Gasteiger partial charge on any atom is 0.434 e. The Morgan fingerprint density at radius 2 is 1.44 bits per heavy atom. The lowest BCUT2D eigenvalue weighted by atomic mass is 9.84. The van der Waals surface area contributed by atoms with E-state index in [1.54, 1.807) is 15.9 Å². The molecule has 0 unspecified atom stereocenters. The summed E-state index contributed by atoms with van der Waals surface area (Å²) in [7, 11) is 0. The van der Waals surface area contributed by atoms with Crippen LogP contribution in [0.3, 0.4) is 0 Å². The first kappa shape index (κ1) is 33.0. The van der Waals surface area contributed by atoms with Gasteiger partial charge >= 0.3 is 30.6 Å². The largest absolute Gasteiger partial charge is 0.480 e. The topological polar surface area (TPSA) is 76.6 Å². The number of ether oxygens (including phenoxy) is 1. The molecule has 43 heavy (non-hydrogen) atoms. The van der Waals surface area contributed by atoms with Crippen LogP contribution in [0.5, 0.6) is 0 Å². The molecule has 242 valence electrons. The summed E-state index contributed by atoms with van der Waals surface area (Å²) < 4.78 is 122. The first-order valence-corrected chi connectivity index (χ1v) is 13.6. The van der Waals surface area contributed by atoms with Crippen molar-refractivity contribution in [1.82, 2.24) is 14.7 Å². The number of nitrogens with zero attached hydrogens (tertiary/aromatic N) is 4. The molecule has 1 aromatic rings. The molecule has 0 saturated carbocycles. The van der Waals surface area contributed by atoms with Gasteiger partial charge in [-0.1, -0.05) is 0 Å². The second-order valence-corrected chi connectivity index (χ2v) is 11.1. The van der Waals surface area contributed by atoms with Crippen molar-refractivity contribution in [1.29, 1.82) is 0 Å². The van der Waals surface area contributed by atoms with E-state index >= 15 is 0 Å². The Kier molecular flexibility index (Phi) is 9.36. The van der Waals surface area contributed by atoms with E-state index in [4.69, 9.17) is 5.11 Å². The number of halogens is 9. The van der Waals surface area contributed by atoms with Crippen LogP contribution in [0.15, 0.2) is 18.2 Å².